The number of hydrogen-bond donors (Lipinski definition) is 0. The number of amides is 1. The summed E-state index contributed by atoms with van der Waals surface area (Å²) >= 11 is 0. The number of para-hydroxylation sites is 4. The number of unbranched alkanes of at least 4 members (excludes halogenated alkanes) is 1. The van der Waals surface area contributed by atoms with Crippen molar-refractivity contribution in [2.45, 2.75) is 45.6 Å². The van der Waals surface area contributed by atoms with Gasteiger partial charge in [-0.2, -0.15) is 0 Å². The van der Waals surface area contributed by atoms with Crippen molar-refractivity contribution in [3.63, 3.8) is 0 Å². The van der Waals surface area contributed by atoms with Crippen molar-refractivity contribution in [1.82, 2.24) is 9.55 Å². The van der Waals surface area contributed by atoms with Crippen molar-refractivity contribution in [3.05, 3.63) is 54.4 Å². The quantitative estimate of drug-likeness (QED) is 0.597. The number of fused-ring (bicyclic) bond motifs is 1. The van der Waals surface area contributed by atoms with Crippen molar-refractivity contribution in [1.29, 1.82) is 0 Å². The van der Waals surface area contributed by atoms with Crippen LogP contribution in [0.2, 0.25) is 0 Å². The van der Waals surface area contributed by atoms with Gasteiger partial charge in [0.2, 0.25) is 5.91 Å². The largest absolute Gasteiger partial charge is 0.492 e. The predicted molar refractivity (Wildman–Crippen MR) is 112 cm³/mol. The van der Waals surface area contributed by atoms with Gasteiger partial charge in [0, 0.05) is 25.4 Å². The Kier molecular flexibility index (Phi) is 5.33. The lowest BCUT2D eigenvalue weighted by Gasteiger charge is -2.20. The lowest BCUT2D eigenvalue weighted by atomic mass is 10.1. The first-order valence-electron chi connectivity index (χ1n) is 10.2. The highest BCUT2D eigenvalue weighted by Gasteiger charge is 2.35. The van der Waals surface area contributed by atoms with E-state index in [-0.39, 0.29) is 11.8 Å². The summed E-state index contributed by atoms with van der Waals surface area (Å²) in [5, 5.41) is 0. The molecule has 2 aromatic carbocycles. The van der Waals surface area contributed by atoms with Crippen LogP contribution >= 0.6 is 0 Å². The van der Waals surface area contributed by atoms with Crippen LogP contribution in [-0.2, 0) is 11.3 Å². The minimum Gasteiger partial charge on any atom is -0.492 e. The molecule has 1 aliphatic heterocycles. The number of benzene rings is 2. The molecule has 1 aliphatic rings. The molecular weight excluding hydrogens is 350 g/mol. The third-order valence-corrected chi connectivity index (χ3v) is 5.37. The second-order valence-electron chi connectivity index (χ2n) is 7.27. The van der Waals surface area contributed by atoms with Crippen molar-refractivity contribution in [2.24, 2.45) is 0 Å². The summed E-state index contributed by atoms with van der Waals surface area (Å²) in [6.45, 7) is 6.31. The summed E-state index contributed by atoms with van der Waals surface area (Å²) in [5.74, 6) is 2.01. The fourth-order valence-corrected chi connectivity index (χ4v) is 4.03. The van der Waals surface area contributed by atoms with Crippen LogP contribution in [0.1, 0.15) is 44.9 Å². The SMILES string of the molecule is CCCCn1c([C@@H]2CC(=O)N(c3ccccc3OCC)C2)nc2ccccc21. The van der Waals surface area contributed by atoms with Crippen LogP contribution in [-0.4, -0.2) is 28.6 Å². The number of aryl methyl sites for hydroxylation is 1. The summed E-state index contributed by atoms with van der Waals surface area (Å²) in [6, 6.07) is 16.0. The number of anilines is 1. The Bertz CT molecular complexity index is 979. The second kappa shape index (κ2) is 8.05. The Morgan fingerprint density at radius 3 is 2.71 bits per heavy atom. The van der Waals surface area contributed by atoms with Crippen molar-refractivity contribution in [2.75, 3.05) is 18.1 Å². The smallest absolute Gasteiger partial charge is 0.227 e. The number of nitrogens with zero attached hydrogens (tertiary/aromatic N) is 3. The summed E-state index contributed by atoms with van der Waals surface area (Å²) < 4.78 is 8.06. The Morgan fingerprint density at radius 1 is 1.11 bits per heavy atom. The molecule has 2 heterocycles. The van der Waals surface area contributed by atoms with Gasteiger partial charge < -0.3 is 14.2 Å². The molecule has 0 aliphatic carbocycles. The second-order valence-corrected chi connectivity index (χ2v) is 7.27. The first-order valence-corrected chi connectivity index (χ1v) is 10.2. The van der Waals surface area contributed by atoms with Gasteiger partial charge in [-0.1, -0.05) is 37.6 Å². The van der Waals surface area contributed by atoms with Crippen molar-refractivity contribution < 1.29 is 9.53 Å². The summed E-state index contributed by atoms with van der Waals surface area (Å²) in [6.07, 6.45) is 2.71. The van der Waals surface area contributed by atoms with E-state index in [4.69, 9.17) is 9.72 Å². The minimum absolute atomic E-state index is 0.0893. The highest BCUT2D eigenvalue weighted by molar-refractivity contribution is 5.97. The molecule has 1 amide bonds. The van der Waals surface area contributed by atoms with Gasteiger partial charge in [0.05, 0.1) is 23.3 Å². The highest BCUT2D eigenvalue weighted by Crippen LogP contribution is 2.37. The van der Waals surface area contributed by atoms with Gasteiger partial charge in [-0.05, 0) is 37.6 Å². The van der Waals surface area contributed by atoms with E-state index in [1.165, 1.54) is 0 Å². The van der Waals surface area contributed by atoms with Crippen molar-refractivity contribution in [3.8, 4) is 5.75 Å². The lowest BCUT2D eigenvalue weighted by Crippen LogP contribution is -2.25. The summed E-state index contributed by atoms with van der Waals surface area (Å²) in [7, 11) is 0. The molecule has 0 bridgehead atoms. The molecule has 3 aromatic rings. The fraction of sp³-hybridized carbons (Fsp3) is 0.391. The molecule has 0 unspecified atom stereocenters. The van der Waals surface area contributed by atoms with E-state index in [0.29, 0.717) is 19.6 Å². The number of carbonyl (C=O) groups is 1. The number of imidazole rings is 1. The molecule has 0 saturated carbocycles. The van der Waals surface area contributed by atoms with E-state index in [2.05, 4.69) is 29.7 Å². The number of aromatic nitrogens is 2. The number of carbonyl (C=O) groups excluding carboxylic acids is 1. The van der Waals surface area contributed by atoms with Crippen LogP contribution in [0.25, 0.3) is 11.0 Å². The number of hydrogen-bond acceptors (Lipinski definition) is 3. The molecule has 146 valence electrons. The lowest BCUT2D eigenvalue weighted by molar-refractivity contribution is -0.117. The topological polar surface area (TPSA) is 47.4 Å². The fourth-order valence-electron chi connectivity index (χ4n) is 4.03. The third kappa shape index (κ3) is 3.37. The summed E-state index contributed by atoms with van der Waals surface area (Å²) in [4.78, 5) is 19.7. The minimum atomic E-state index is 0.0893. The highest BCUT2D eigenvalue weighted by atomic mass is 16.5. The Hall–Kier alpha value is -2.82. The molecule has 1 saturated heterocycles. The molecule has 1 atom stereocenters. The molecule has 0 radical (unpaired) electrons. The van der Waals surface area contributed by atoms with E-state index in [9.17, 15) is 4.79 Å². The van der Waals surface area contributed by atoms with Crippen LogP contribution in [0, 0.1) is 0 Å². The van der Waals surface area contributed by atoms with Crippen LogP contribution < -0.4 is 9.64 Å². The Balaban J connectivity index is 1.68. The molecule has 1 fully saturated rings. The van der Waals surface area contributed by atoms with Gasteiger partial charge in [-0.3, -0.25) is 4.79 Å². The number of rotatable bonds is 7. The summed E-state index contributed by atoms with van der Waals surface area (Å²) in [5.41, 5.74) is 3.02. The van der Waals surface area contributed by atoms with E-state index in [1.807, 2.05) is 42.2 Å². The van der Waals surface area contributed by atoms with Gasteiger partial charge in [0.15, 0.2) is 0 Å². The zero-order valence-electron chi connectivity index (χ0n) is 16.6. The van der Waals surface area contributed by atoms with Crippen LogP contribution in [0.5, 0.6) is 5.75 Å². The molecule has 5 heteroatoms. The maximum absolute atomic E-state index is 12.9. The van der Waals surface area contributed by atoms with Crippen LogP contribution in [0.4, 0.5) is 5.69 Å². The average Bonchev–Trinajstić information content (AvgIpc) is 3.27. The molecule has 5 nitrogen and oxygen atoms in total. The molecular formula is C23H27N3O2. The van der Waals surface area contributed by atoms with Gasteiger partial charge >= 0.3 is 0 Å². The van der Waals surface area contributed by atoms with Gasteiger partial charge in [-0.25, -0.2) is 4.98 Å². The number of ether oxygens (including phenoxy) is 1. The van der Waals surface area contributed by atoms with E-state index < -0.39 is 0 Å². The molecule has 0 spiro atoms. The first-order chi connectivity index (χ1) is 13.7. The van der Waals surface area contributed by atoms with Gasteiger partial charge in [0.1, 0.15) is 11.6 Å². The predicted octanol–water partition coefficient (Wildman–Crippen LogP) is 4.76. The zero-order chi connectivity index (χ0) is 19.5. The maximum atomic E-state index is 12.9. The van der Waals surface area contributed by atoms with Crippen LogP contribution in [0.3, 0.4) is 0 Å². The molecule has 28 heavy (non-hydrogen) atoms. The normalized spacial score (nSPS) is 16.9. The Labute approximate surface area is 165 Å². The van der Waals surface area contributed by atoms with E-state index in [0.717, 1.165) is 47.7 Å². The monoisotopic (exact) mass is 377 g/mol. The standard InChI is InChI=1S/C23H27N3O2/c1-3-5-14-25-19-11-7-6-10-18(19)24-23(25)17-15-22(27)26(16-17)20-12-8-9-13-21(20)28-4-2/h6-13,17H,3-5,14-16H2,1-2H3/t17-/m1/s1. The van der Waals surface area contributed by atoms with E-state index in [1.54, 1.807) is 0 Å². The third-order valence-electron chi connectivity index (χ3n) is 5.37. The van der Waals surface area contributed by atoms with Crippen molar-refractivity contribution >= 4 is 22.6 Å². The first kappa shape index (κ1) is 18.5. The Morgan fingerprint density at radius 2 is 1.89 bits per heavy atom. The molecule has 0 N–H and O–H groups in total. The average molecular weight is 377 g/mol. The van der Waals surface area contributed by atoms with Gasteiger partial charge in [0.25, 0.3) is 0 Å². The van der Waals surface area contributed by atoms with Gasteiger partial charge in [-0.15, -0.1) is 0 Å². The molecule has 4 rings (SSSR count). The zero-order valence-corrected chi connectivity index (χ0v) is 16.6. The van der Waals surface area contributed by atoms with E-state index >= 15 is 0 Å². The molecule has 1 aromatic heterocycles. The van der Waals surface area contributed by atoms with Crippen LogP contribution in [0.15, 0.2) is 48.5 Å². The maximum Gasteiger partial charge on any atom is 0.227 e.